The van der Waals surface area contributed by atoms with Gasteiger partial charge in [0.15, 0.2) is 5.82 Å². The summed E-state index contributed by atoms with van der Waals surface area (Å²) in [5, 5.41) is 4.49. The van der Waals surface area contributed by atoms with Gasteiger partial charge in [-0.05, 0) is 25.5 Å². The van der Waals surface area contributed by atoms with Gasteiger partial charge >= 0.3 is 0 Å². The third-order valence-electron chi connectivity index (χ3n) is 2.78. The quantitative estimate of drug-likeness (QED) is 0.911. The van der Waals surface area contributed by atoms with Crippen molar-refractivity contribution >= 4 is 11.6 Å². The maximum Gasteiger partial charge on any atom is 0.259 e. The minimum absolute atomic E-state index is 0.399. The van der Waals surface area contributed by atoms with E-state index >= 15 is 0 Å². The Kier molecular flexibility index (Phi) is 3.17. The van der Waals surface area contributed by atoms with Crippen LogP contribution in [0.2, 0.25) is 5.02 Å². The molecule has 0 spiro atoms. The fourth-order valence-corrected chi connectivity index (χ4v) is 1.57. The van der Waals surface area contributed by atoms with Crippen molar-refractivity contribution in [1.82, 2.24) is 10.1 Å². The molecule has 1 unspecified atom stereocenters. The van der Waals surface area contributed by atoms with Gasteiger partial charge in [-0.1, -0.05) is 35.8 Å². The molecule has 0 radical (unpaired) electrons. The SMILES string of the molecule is CCC(C)(N)c1noc(-c2ccccc2Cl)n1. The largest absolute Gasteiger partial charge is 0.334 e. The summed E-state index contributed by atoms with van der Waals surface area (Å²) in [6.45, 7) is 3.85. The summed E-state index contributed by atoms with van der Waals surface area (Å²) in [6.07, 6.45) is 0.731. The summed E-state index contributed by atoms with van der Waals surface area (Å²) < 4.78 is 5.19. The zero-order valence-electron chi connectivity index (χ0n) is 9.77. The molecule has 1 heterocycles. The highest BCUT2D eigenvalue weighted by Gasteiger charge is 2.25. The van der Waals surface area contributed by atoms with Crippen LogP contribution in [0.1, 0.15) is 26.1 Å². The maximum atomic E-state index is 6.06. The molecule has 1 aromatic heterocycles. The van der Waals surface area contributed by atoms with E-state index in [1.807, 2.05) is 32.0 Å². The number of nitrogens with two attached hydrogens (primary N) is 1. The Morgan fingerprint density at radius 3 is 2.76 bits per heavy atom. The van der Waals surface area contributed by atoms with Crippen LogP contribution in [0, 0.1) is 0 Å². The lowest BCUT2D eigenvalue weighted by molar-refractivity contribution is 0.379. The van der Waals surface area contributed by atoms with Gasteiger partial charge in [-0.25, -0.2) is 0 Å². The highest BCUT2D eigenvalue weighted by Crippen LogP contribution is 2.28. The Morgan fingerprint density at radius 2 is 2.12 bits per heavy atom. The van der Waals surface area contributed by atoms with Crippen molar-refractivity contribution in [3.63, 3.8) is 0 Å². The first kappa shape index (κ1) is 12.1. The highest BCUT2D eigenvalue weighted by molar-refractivity contribution is 6.33. The van der Waals surface area contributed by atoms with Crippen LogP contribution in [0.3, 0.4) is 0 Å². The van der Waals surface area contributed by atoms with Gasteiger partial charge in [-0.3, -0.25) is 0 Å². The number of halogens is 1. The van der Waals surface area contributed by atoms with Crippen LogP contribution in [0.4, 0.5) is 0 Å². The molecular formula is C12H14ClN3O. The van der Waals surface area contributed by atoms with E-state index in [0.29, 0.717) is 16.7 Å². The lowest BCUT2D eigenvalue weighted by Gasteiger charge is -2.16. The standard InChI is InChI=1S/C12H14ClN3O/c1-3-12(2,14)11-15-10(17-16-11)8-6-4-5-7-9(8)13/h4-7H,3,14H2,1-2H3. The predicted octanol–water partition coefficient (Wildman–Crippen LogP) is 2.97. The minimum atomic E-state index is -0.580. The Morgan fingerprint density at radius 1 is 1.41 bits per heavy atom. The topological polar surface area (TPSA) is 64.9 Å². The van der Waals surface area contributed by atoms with Gasteiger partial charge in [-0.15, -0.1) is 0 Å². The second-order valence-corrected chi connectivity index (χ2v) is 4.58. The second-order valence-electron chi connectivity index (χ2n) is 4.17. The molecule has 0 saturated carbocycles. The molecule has 0 bridgehead atoms. The molecule has 0 aliphatic heterocycles. The third kappa shape index (κ3) is 2.33. The molecule has 2 aromatic rings. The predicted molar refractivity (Wildman–Crippen MR) is 66.6 cm³/mol. The Balaban J connectivity index is 2.40. The molecule has 1 atom stereocenters. The molecule has 0 aliphatic rings. The first-order valence-corrected chi connectivity index (χ1v) is 5.80. The molecular weight excluding hydrogens is 238 g/mol. The van der Waals surface area contributed by atoms with E-state index < -0.39 is 5.54 Å². The number of aromatic nitrogens is 2. The summed E-state index contributed by atoms with van der Waals surface area (Å²) in [6, 6.07) is 7.33. The van der Waals surface area contributed by atoms with Gasteiger partial charge in [0.05, 0.1) is 16.1 Å². The van der Waals surface area contributed by atoms with E-state index in [9.17, 15) is 0 Å². The molecule has 17 heavy (non-hydrogen) atoms. The van der Waals surface area contributed by atoms with Crippen molar-refractivity contribution in [3.8, 4) is 11.5 Å². The van der Waals surface area contributed by atoms with Crippen molar-refractivity contribution in [2.45, 2.75) is 25.8 Å². The lowest BCUT2D eigenvalue weighted by atomic mass is 10.00. The average Bonchev–Trinajstić information content (AvgIpc) is 2.79. The summed E-state index contributed by atoms with van der Waals surface area (Å²) in [5.74, 6) is 0.894. The molecule has 5 heteroatoms. The first-order valence-electron chi connectivity index (χ1n) is 5.42. The maximum absolute atomic E-state index is 6.06. The van der Waals surface area contributed by atoms with Crippen LogP contribution in [0.5, 0.6) is 0 Å². The molecule has 0 aliphatic carbocycles. The van der Waals surface area contributed by atoms with Crippen molar-refractivity contribution in [1.29, 1.82) is 0 Å². The smallest absolute Gasteiger partial charge is 0.259 e. The van der Waals surface area contributed by atoms with Crippen molar-refractivity contribution in [2.24, 2.45) is 5.73 Å². The molecule has 4 nitrogen and oxygen atoms in total. The van der Waals surface area contributed by atoms with Gasteiger partial charge in [0.1, 0.15) is 0 Å². The number of benzene rings is 1. The third-order valence-corrected chi connectivity index (χ3v) is 3.11. The van der Waals surface area contributed by atoms with Gasteiger partial charge in [0, 0.05) is 0 Å². The van der Waals surface area contributed by atoms with E-state index in [2.05, 4.69) is 10.1 Å². The highest BCUT2D eigenvalue weighted by atomic mass is 35.5. The molecule has 0 saturated heterocycles. The lowest BCUT2D eigenvalue weighted by Crippen LogP contribution is -2.33. The van der Waals surface area contributed by atoms with Crippen molar-refractivity contribution in [2.75, 3.05) is 0 Å². The minimum Gasteiger partial charge on any atom is -0.334 e. The van der Waals surface area contributed by atoms with Crippen LogP contribution in [0.15, 0.2) is 28.8 Å². The van der Waals surface area contributed by atoms with Crippen molar-refractivity contribution < 1.29 is 4.52 Å². The first-order chi connectivity index (χ1) is 8.04. The molecule has 1 aromatic carbocycles. The van der Waals surface area contributed by atoms with Crippen LogP contribution in [0.25, 0.3) is 11.5 Å². The Hall–Kier alpha value is -1.39. The van der Waals surface area contributed by atoms with Gasteiger partial charge in [0.25, 0.3) is 5.89 Å². The van der Waals surface area contributed by atoms with E-state index in [1.165, 1.54) is 0 Å². The number of nitrogens with zero attached hydrogens (tertiary/aromatic N) is 2. The molecule has 0 fully saturated rings. The zero-order chi connectivity index (χ0) is 12.5. The molecule has 2 rings (SSSR count). The summed E-state index contributed by atoms with van der Waals surface area (Å²) in [5.41, 5.74) is 6.19. The fourth-order valence-electron chi connectivity index (χ4n) is 1.36. The summed E-state index contributed by atoms with van der Waals surface area (Å²) >= 11 is 6.06. The van der Waals surface area contributed by atoms with Gasteiger partial charge in [0.2, 0.25) is 0 Å². The van der Waals surface area contributed by atoms with Gasteiger partial charge < -0.3 is 10.3 Å². The van der Waals surface area contributed by atoms with E-state index in [-0.39, 0.29) is 0 Å². The van der Waals surface area contributed by atoms with Crippen LogP contribution in [-0.4, -0.2) is 10.1 Å². The van der Waals surface area contributed by atoms with Crippen LogP contribution < -0.4 is 5.73 Å². The number of hydrogen-bond donors (Lipinski definition) is 1. The van der Waals surface area contributed by atoms with Gasteiger partial charge in [-0.2, -0.15) is 4.98 Å². The van der Waals surface area contributed by atoms with Crippen LogP contribution >= 0.6 is 11.6 Å². The molecule has 90 valence electrons. The van der Waals surface area contributed by atoms with Crippen LogP contribution in [-0.2, 0) is 5.54 Å². The molecule has 2 N–H and O–H groups in total. The normalized spacial score (nSPS) is 14.6. The zero-order valence-corrected chi connectivity index (χ0v) is 10.5. The summed E-state index contributed by atoms with van der Waals surface area (Å²) in [4.78, 5) is 4.30. The monoisotopic (exact) mass is 251 g/mol. The second kappa shape index (κ2) is 4.47. The molecule has 0 amide bonds. The Bertz CT molecular complexity index is 522. The summed E-state index contributed by atoms with van der Waals surface area (Å²) in [7, 11) is 0. The average molecular weight is 252 g/mol. The van der Waals surface area contributed by atoms with E-state index in [0.717, 1.165) is 12.0 Å². The number of rotatable bonds is 3. The Labute approximate surface area is 105 Å². The number of hydrogen-bond acceptors (Lipinski definition) is 4. The fraction of sp³-hybridized carbons (Fsp3) is 0.333. The van der Waals surface area contributed by atoms with E-state index in [1.54, 1.807) is 6.07 Å². The van der Waals surface area contributed by atoms with E-state index in [4.69, 9.17) is 21.9 Å². The van der Waals surface area contributed by atoms with Crippen molar-refractivity contribution in [3.05, 3.63) is 35.1 Å².